The van der Waals surface area contributed by atoms with Crippen molar-refractivity contribution in [2.24, 2.45) is 7.05 Å². The lowest BCUT2D eigenvalue weighted by Gasteiger charge is -2.18. The van der Waals surface area contributed by atoms with E-state index in [1.54, 1.807) is 31.8 Å². The van der Waals surface area contributed by atoms with Crippen LogP contribution in [-0.4, -0.2) is 21.2 Å². The Bertz CT molecular complexity index is 428. The van der Waals surface area contributed by atoms with Crippen LogP contribution in [-0.2, 0) is 7.05 Å². The number of carbonyl (C=O) groups is 1. The van der Waals surface area contributed by atoms with Gasteiger partial charge in [0.1, 0.15) is 0 Å². The van der Waals surface area contributed by atoms with E-state index in [9.17, 15) is 4.79 Å². The van der Waals surface area contributed by atoms with Gasteiger partial charge in [-0.3, -0.25) is 9.48 Å². The van der Waals surface area contributed by atoms with E-state index < -0.39 is 5.54 Å². The SMILES string of the molecule is C#CC(C)(C)NC(=O)c1nn(C)cc1Br. The molecule has 0 aliphatic heterocycles. The van der Waals surface area contributed by atoms with Gasteiger partial charge in [0, 0.05) is 13.2 Å². The Labute approximate surface area is 97.2 Å². The summed E-state index contributed by atoms with van der Waals surface area (Å²) in [4.78, 5) is 11.7. The second kappa shape index (κ2) is 4.07. The molecule has 0 aromatic carbocycles. The quantitative estimate of drug-likeness (QED) is 0.824. The fraction of sp³-hybridized carbons (Fsp3) is 0.400. The molecule has 1 N–H and O–H groups in total. The zero-order valence-corrected chi connectivity index (χ0v) is 10.4. The average Bonchev–Trinajstić information content (AvgIpc) is 2.45. The van der Waals surface area contributed by atoms with E-state index in [1.807, 2.05) is 0 Å². The Balaban J connectivity index is 2.88. The molecule has 0 saturated heterocycles. The van der Waals surface area contributed by atoms with Crippen LogP contribution in [0.4, 0.5) is 0 Å². The van der Waals surface area contributed by atoms with E-state index in [1.165, 1.54) is 0 Å². The molecular weight excluding hydrogens is 258 g/mol. The molecule has 5 heteroatoms. The Morgan fingerprint density at radius 3 is 2.73 bits per heavy atom. The summed E-state index contributed by atoms with van der Waals surface area (Å²) in [6.45, 7) is 3.50. The third-order valence-electron chi connectivity index (χ3n) is 1.79. The zero-order chi connectivity index (χ0) is 11.6. The largest absolute Gasteiger partial charge is 0.335 e. The van der Waals surface area contributed by atoms with Gasteiger partial charge in [-0.1, -0.05) is 5.92 Å². The minimum atomic E-state index is -0.673. The number of halogens is 1. The van der Waals surface area contributed by atoms with Crippen LogP contribution in [0, 0.1) is 12.3 Å². The normalized spacial score (nSPS) is 10.9. The molecule has 0 fully saturated rings. The van der Waals surface area contributed by atoms with Gasteiger partial charge in [-0.25, -0.2) is 0 Å². The van der Waals surface area contributed by atoms with Crippen molar-refractivity contribution in [3.63, 3.8) is 0 Å². The predicted octanol–water partition coefficient (Wildman–Crippen LogP) is 1.32. The minimum absolute atomic E-state index is 0.287. The first-order chi connectivity index (χ1) is 6.85. The number of terminal acetylenes is 1. The molecule has 0 aliphatic carbocycles. The fourth-order valence-corrected chi connectivity index (χ4v) is 1.55. The summed E-state index contributed by atoms with van der Waals surface area (Å²) in [6, 6.07) is 0. The number of carbonyl (C=O) groups excluding carboxylic acids is 1. The van der Waals surface area contributed by atoms with Crippen molar-refractivity contribution in [1.29, 1.82) is 0 Å². The van der Waals surface area contributed by atoms with Gasteiger partial charge >= 0.3 is 0 Å². The van der Waals surface area contributed by atoms with Gasteiger partial charge in [-0.2, -0.15) is 5.10 Å². The molecule has 15 heavy (non-hydrogen) atoms. The van der Waals surface area contributed by atoms with E-state index in [0.717, 1.165) is 0 Å². The Morgan fingerprint density at radius 1 is 1.73 bits per heavy atom. The topological polar surface area (TPSA) is 46.9 Å². The molecule has 1 amide bonds. The van der Waals surface area contributed by atoms with Crippen molar-refractivity contribution in [3.05, 3.63) is 16.4 Å². The summed E-state index contributed by atoms with van der Waals surface area (Å²) >= 11 is 3.25. The van der Waals surface area contributed by atoms with Gasteiger partial charge < -0.3 is 5.32 Å². The number of aryl methyl sites for hydroxylation is 1. The summed E-state index contributed by atoms with van der Waals surface area (Å²) in [5.74, 6) is 2.20. The Hall–Kier alpha value is -1.28. The van der Waals surface area contributed by atoms with Crippen LogP contribution in [0.2, 0.25) is 0 Å². The van der Waals surface area contributed by atoms with Crippen LogP contribution in [0.5, 0.6) is 0 Å². The van der Waals surface area contributed by atoms with E-state index >= 15 is 0 Å². The van der Waals surface area contributed by atoms with Crippen molar-refractivity contribution in [2.45, 2.75) is 19.4 Å². The molecule has 0 aliphatic rings. The second-order valence-electron chi connectivity index (χ2n) is 3.72. The molecule has 0 radical (unpaired) electrons. The fourth-order valence-electron chi connectivity index (χ4n) is 0.993. The standard InChI is InChI=1S/C10H12BrN3O/c1-5-10(2,3)12-9(15)8-7(11)6-14(4)13-8/h1,6H,2-4H3,(H,12,15). The van der Waals surface area contributed by atoms with Crippen LogP contribution in [0.15, 0.2) is 10.7 Å². The van der Waals surface area contributed by atoms with E-state index in [-0.39, 0.29) is 5.91 Å². The molecule has 0 saturated carbocycles. The molecule has 1 aromatic rings. The summed E-state index contributed by atoms with van der Waals surface area (Å²) in [5.41, 5.74) is -0.338. The molecule has 0 atom stereocenters. The van der Waals surface area contributed by atoms with Gasteiger partial charge in [0.2, 0.25) is 0 Å². The highest BCUT2D eigenvalue weighted by atomic mass is 79.9. The minimum Gasteiger partial charge on any atom is -0.335 e. The maximum Gasteiger partial charge on any atom is 0.274 e. The molecule has 0 bridgehead atoms. The summed E-state index contributed by atoms with van der Waals surface area (Å²) in [6.07, 6.45) is 6.98. The lowest BCUT2D eigenvalue weighted by atomic mass is 10.1. The maximum atomic E-state index is 11.7. The van der Waals surface area contributed by atoms with Gasteiger partial charge in [0.25, 0.3) is 5.91 Å². The first kappa shape index (κ1) is 11.8. The Morgan fingerprint density at radius 2 is 2.33 bits per heavy atom. The Kier molecular flexibility index (Phi) is 3.20. The summed E-state index contributed by atoms with van der Waals surface area (Å²) < 4.78 is 2.21. The van der Waals surface area contributed by atoms with Gasteiger partial charge in [0.15, 0.2) is 5.69 Å². The van der Waals surface area contributed by atoms with E-state index in [0.29, 0.717) is 10.2 Å². The number of nitrogens with one attached hydrogen (secondary N) is 1. The number of rotatable bonds is 2. The monoisotopic (exact) mass is 269 g/mol. The van der Waals surface area contributed by atoms with Crippen LogP contribution >= 0.6 is 15.9 Å². The molecular formula is C10H12BrN3O. The zero-order valence-electron chi connectivity index (χ0n) is 8.84. The van der Waals surface area contributed by atoms with E-state index in [4.69, 9.17) is 6.42 Å². The highest BCUT2D eigenvalue weighted by Gasteiger charge is 2.21. The highest BCUT2D eigenvalue weighted by Crippen LogP contribution is 2.14. The molecule has 0 unspecified atom stereocenters. The lowest BCUT2D eigenvalue weighted by molar-refractivity contribution is 0.0923. The molecule has 1 rings (SSSR count). The smallest absolute Gasteiger partial charge is 0.274 e. The van der Waals surface area contributed by atoms with E-state index in [2.05, 4.69) is 32.3 Å². The van der Waals surface area contributed by atoms with Crippen molar-refractivity contribution in [2.75, 3.05) is 0 Å². The van der Waals surface area contributed by atoms with Gasteiger partial charge in [-0.15, -0.1) is 6.42 Å². The van der Waals surface area contributed by atoms with Gasteiger partial charge in [-0.05, 0) is 29.8 Å². The van der Waals surface area contributed by atoms with Crippen LogP contribution in [0.1, 0.15) is 24.3 Å². The first-order valence-electron chi connectivity index (χ1n) is 4.35. The highest BCUT2D eigenvalue weighted by molar-refractivity contribution is 9.10. The van der Waals surface area contributed by atoms with Crippen molar-refractivity contribution in [1.82, 2.24) is 15.1 Å². The lowest BCUT2D eigenvalue weighted by Crippen LogP contribution is -2.42. The third-order valence-corrected chi connectivity index (χ3v) is 2.37. The third kappa shape index (κ3) is 2.83. The number of nitrogens with zero attached hydrogens (tertiary/aromatic N) is 2. The van der Waals surface area contributed by atoms with Crippen LogP contribution < -0.4 is 5.32 Å². The molecule has 1 heterocycles. The number of hydrogen-bond donors (Lipinski definition) is 1. The number of amides is 1. The molecule has 4 nitrogen and oxygen atoms in total. The number of hydrogen-bond acceptors (Lipinski definition) is 2. The predicted molar refractivity (Wildman–Crippen MR) is 61.3 cm³/mol. The molecule has 1 aromatic heterocycles. The average molecular weight is 270 g/mol. The molecule has 80 valence electrons. The van der Waals surface area contributed by atoms with Crippen LogP contribution in [0.3, 0.4) is 0 Å². The summed E-state index contributed by atoms with van der Waals surface area (Å²) in [5, 5.41) is 6.71. The maximum absolute atomic E-state index is 11.7. The van der Waals surface area contributed by atoms with Gasteiger partial charge in [0.05, 0.1) is 10.0 Å². The van der Waals surface area contributed by atoms with Crippen LogP contribution in [0.25, 0.3) is 0 Å². The first-order valence-corrected chi connectivity index (χ1v) is 5.14. The summed E-state index contributed by atoms with van der Waals surface area (Å²) in [7, 11) is 1.74. The van der Waals surface area contributed by atoms with Crippen molar-refractivity contribution >= 4 is 21.8 Å². The van der Waals surface area contributed by atoms with Crippen molar-refractivity contribution in [3.8, 4) is 12.3 Å². The second-order valence-corrected chi connectivity index (χ2v) is 4.58. The van der Waals surface area contributed by atoms with Crippen molar-refractivity contribution < 1.29 is 4.79 Å². The number of aromatic nitrogens is 2. The molecule has 0 spiro atoms.